The Morgan fingerprint density at radius 1 is 1.13 bits per heavy atom. The summed E-state index contributed by atoms with van der Waals surface area (Å²) in [7, 11) is -0.725. The average Bonchev–Trinajstić information content (AvgIpc) is 3.15. The fraction of sp³-hybridized carbons (Fsp3) is 0.568. The maximum Gasteiger partial charge on any atom is 0.262 e. The first kappa shape index (κ1) is 32.0. The Hall–Kier alpha value is -2.52. The summed E-state index contributed by atoms with van der Waals surface area (Å²) in [5, 5.41) is 0.463. The summed E-state index contributed by atoms with van der Waals surface area (Å²) in [5.74, 6) is 5.31. The number of fused-ring (bicyclic) bond motifs is 5. The molecule has 7 nitrogen and oxygen atoms in total. The molecule has 5 aliphatic rings. The van der Waals surface area contributed by atoms with Gasteiger partial charge in [-0.3, -0.25) is 9.52 Å². The number of nitrogens with zero attached hydrogens (tertiary/aromatic N) is 2. The summed E-state index contributed by atoms with van der Waals surface area (Å²) in [5.41, 5.74) is 3.46. The molecule has 2 fully saturated rings. The van der Waals surface area contributed by atoms with Crippen molar-refractivity contribution in [1.29, 1.82) is 0 Å². The second-order valence-corrected chi connectivity index (χ2v) is 17.6. The number of likely N-dealkylation sites (N-methyl/N-ethyl adjacent to an activating group) is 1. The zero-order valence-corrected chi connectivity index (χ0v) is 29.0. The molecule has 2 bridgehead atoms. The van der Waals surface area contributed by atoms with Gasteiger partial charge in [-0.05, 0) is 118 Å². The number of nitrogens with one attached hydrogen (secondary N) is 1. The second-order valence-electron chi connectivity index (χ2n) is 14.8. The van der Waals surface area contributed by atoms with E-state index in [9.17, 15) is 9.00 Å². The molecule has 0 radical (unpaired) electrons. The van der Waals surface area contributed by atoms with Crippen molar-refractivity contribution in [3.63, 3.8) is 0 Å². The van der Waals surface area contributed by atoms with Crippen LogP contribution in [-0.2, 0) is 26.3 Å². The van der Waals surface area contributed by atoms with Crippen molar-refractivity contribution in [3.05, 3.63) is 70.3 Å². The van der Waals surface area contributed by atoms with Gasteiger partial charge in [0.1, 0.15) is 11.4 Å². The third-order valence-electron chi connectivity index (χ3n) is 11.7. The topological polar surface area (TPSA) is 71.1 Å². The minimum atomic E-state index is -2.92. The summed E-state index contributed by atoms with van der Waals surface area (Å²) < 4.78 is 30.1. The van der Waals surface area contributed by atoms with E-state index in [-0.39, 0.29) is 28.1 Å². The van der Waals surface area contributed by atoms with Crippen LogP contribution in [0.1, 0.15) is 67.4 Å². The minimum absolute atomic E-state index is 0.0605. The number of halogens is 1. The standard InChI is InChI=1S/C37H48ClN3O4S/c1-25-7-5-16-37(23-40(3)17-18-45-37)32-12-9-29(32)21-41-22-36(15-6-8-27-19-30(38)11-13-31(27)36)24-44-34-14-10-28(20-33(34)41)35(42)39-46(4,43)26(25)2/h5,10-11,13-14,16,19-20,25-26,29,32H,4,6-9,12,15,17-18,21-24H2,1-3H3,(H,39,42,43)/b16-5+/t25-,26+,29-,32+,36-,37+,46?/m0/s1. The maximum atomic E-state index is 13.9. The van der Waals surface area contributed by atoms with Crippen LogP contribution < -0.4 is 14.4 Å². The van der Waals surface area contributed by atoms with E-state index in [1.807, 2.05) is 25.1 Å². The fourth-order valence-electron chi connectivity index (χ4n) is 8.71. The third kappa shape index (κ3) is 5.78. The molecule has 1 saturated heterocycles. The fourth-order valence-corrected chi connectivity index (χ4v) is 10.4. The molecule has 7 atom stereocenters. The number of benzene rings is 2. The van der Waals surface area contributed by atoms with Crippen LogP contribution in [0.15, 0.2) is 48.6 Å². The Morgan fingerprint density at radius 3 is 2.76 bits per heavy atom. The normalized spacial score (nSPS) is 37.3. The predicted octanol–water partition coefficient (Wildman–Crippen LogP) is 5.89. The molecule has 1 saturated carbocycles. The largest absolute Gasteiger partial charge is 0.490 e. The Kier molecular flexibility index (Phi) is 8.48. The highest BCUT2D eigenvalue weighted by Crippen LogP contribution is 2.49. The summed E-state index contributed by atoms with van der Waals surface area (Å²) in [6, 6.07) is 12.0. The molecule has 1 N–H and O–H groups in total. The highest BCUT2D eigenvalue weighted by atomic mass is 35.5. The summed E-state index contributed by atoms with van der Waals surface area (Å²) >= 11 is 6.47. The van der Waals surface area contributed by atoms with E-state index in [2.05, 4.69) is 58.6 Å². The molecular weight excluding hydrogens is 618 g/mol. The van der Waals surface area contributed by atoms with Crippen LogP contribution in [0, 0.1) is 17.8 Å². The number of carbonyl (C=O) groups excluding carboxylic acids is 1. The molecule has 248 valence electrons. The van der Waals surface area contributed by atoms with Crippen molar-refractivity contribution in [3.8, 4) is 5.75 Å². The number of allylic oxidation sites excluding steroid dienone is 1. The van der Waals surface area contributed by atoms with E-state index in [4.69, 9.17) is 21.1 Å². The zero-order chi connectivity index (χ0) is 32.3. The molecule has 0 aromatic heterocycles. The molecule has 2 aromatic rings. The predicted molar refractivity (Wildman–Crippen MR) is 188 cm³/mol. The van der Waals surface area contributed by atoms with E-state index in [0.717, 1.165) is 81.2 Å². The summed E-state index contributed by atoms with van der Waals surface area (Å²) in [6.45, 7) is 8.71. The number of rotatable bonds is 0. The third-order valence-corrected chi connectivity index (χ3v) is 14.2. The van der Waals surface area contributed by atoms with Crippen LogP contribution in [0.5, 0.6) is 5.75 Å². The van der Waals surface area contributed by atoms with Gasteiger partial charge in [0.15, 0.2) is 0 Å². The van der Waals surface area contributed by atoms with Crippen molar-refractivity contribution in [2.75, 3.05) is 51.3 Å². The number of carbonyl (C=O) groups is 1. The van der Waals surface area contributed by atoms with Gasteiger partial charge in [0.25, 0.3) is 5.91 Å². The van der Waals surface area contributed by atoms with Crippen molar-refractivity contribution < 1.29 is 18.5 Å². The Bertz CT molecular complexity index is 1640. The lowest BCUT2D eigenvalue weighted by atomic mass is 9.63. The average molecular weight is 666 g/mol. The van der Waals surface area contributed by atoms with Crippen LogP contribution in [0.3, 0.4) is 0 Å². The lowest BCUT2D eigenvalue weighted by Gasteiger charge is -2.53. The number of amides is 1. The van der Waals surface area contributed by atoms with Gasteiger partial charge in [0.2, 0.25) is 0 Å². The lowest BCUT2D eigenvalue weighted by molar-refractivity contribution is -0.139. The molecule has 3 heterocycles. The van der Waals surface area contributed by atoms with Crippen LogP contribution in [-0.4, -0.2) is 78.2 Å². The number of morpholine rings is 1. The lowest BCUT2D eigenvalue weighted by Crippen LogP contribution is -2.59. The van der Waals surface area contributed by atoms with Gasteiger partial charge >= 0.3 is 0 Å². The molecule has 9 heteroatoms. The highest BCUT2D eigenvalue weighted by molar-refractivity contribution is 7.99. The van der Waals surface area contributed by atoms with Gasteiger partial charge < -0.3 is 19.3 Å². The molecule has 2 aliphatic carbocycles. The smallest absolute Gasteiger partial charge is 0.262 e. The molecule has 46 heavy (non-hydrogen) atoms. The molecule has 2 aromatic carbocycles. The first-order chi connectivity index (χ1) is 22.0. The summed E-state index contributed by atoms with van der Waals surface area (Å²) in [4.78, 5) is 18.5. The first-order valence-electron chi connectivity index (χ1n) is 17.0. The van der Waals surface area contributed by atoms with E-state index in [1.165, 1.54) is 11.1 Å². The molecule has 1 unspecified atom stereocenters. The Balaban J connectivity index is 1.33. The van der Waals surface area contributed by atoms with E-state index >= 15 is 0 Å². The van der Waals surface area contributed by atoms with Crippen LogP contribution in [0.4, 0.5) is 5.69 Å². The second kappa shape index (κ2) is 12.2. The van der Waals surface area contributed by atoms with Crippen LogP contribution >= 0.6 is 11.6 Å². The number of hydrogen-bond acceptors (Lipinski definition) is 6. The molecule has 3 aliphatic heterocycles. The van der Waals surface area contributed by atoms with Gasteiger partial charge in [-0.1, -0.05) is 36.7 Å². The summed E-state index contributed by atoms with van der Waals surface area (Å²) in [6.07, 6.45) is 10.7. The van der Waals surface area contributed by atoms with E-state index in [0.29, 0.717) is 30.6 Å². The van der Waals surface area contributed by atoms with Crippen molar-refractivity contribution >= 4 is 38.8 Å². The zero-order valence-electron chi connectivity index (χ0n) is 27.4. The van der Waals surface area contributed by atoms with Gasteiger partial charge in [-0.15, -0.1) is 0 Å². The van der Waals surface area contributed by atoms with Gasteiger partial charge in [0, 0.05) is 47.4 Å². The Labute approximate surface area is 279 Å². The van der Waals surface area contributed by atoms with Gasteiger partial charge in [0.05, 0.1) is 28.6 Å². The first-order valence-corrected chi connectivity index (χ1v) is 19.1. The van der Waals surface area contributed by atoms with Crippen molar-refractivity contribution in [1.82, 2.24) is 9.62 Å². The molecular formula is C37H48ClN3O4S. The Morgan fingerprint density at radius 2 is 1.98 bits per heavy atom. The monoisotopic (exact) mass is 665 g/mol. The quantitative estimate of drug-likeness (QED) is 0.280. The van der Waals surface area contributed by atoms with Gasteiger partial charge in [-0.25, -0.2) is 4.21 Å². The van der Waals surface area contributed by atoms with Gasteiger partial charge in [-0.2, -0.15) is 0 Å². The highest BCUT2D eigenvalue weighted by Gasteiger charge is 2.50. The van der Waals surface area contributed by atoms with Crippen LogP contribution in [0.2, 0.25) is 5.02 Å². The number of anilines is 1. The van der Waals surface area contributed by atoms with Crippen LogP contribution in [0.25, 0.3) is 0 Å². The number of aryl methyl sites for hydroxylation is 1. The minimum Gasteiger partial charge on any atom is -0.490 e. The molecule has 2 spiro atoms. The van der Waals surface area contributed by atoms with E-state index < -0.39 is 9.71 Å². The maximum absolute atomic E-state index is 13.9. The number of ether oxygens (including phenoxy) is 2. The molecule has 1 amide bonds. The van der Waals surface area contributed by atoms with Crippen molar-refractivity contribution in [2.45, 2.75) is 68.6 Å². The van der Waals surface area contributed by atoms with E-state index in [1.54, 1.807) is 6.07 Å². The SMILES string of the molecule is C=S1(=O)NC(=O)c2ccc3c(c2)N(C[C@@H]2CC[C@H]2[C@@]2(/C=C/C[C@H](C)[C@H]1C)CN(C)CCO2)C[C@@]1(CCCc2cc(Cl)ccc21)CO3. The van der Waals surface area contributed by atoms with Crippen molar-refractivity contribution in [2.24, 2.45) is 17.8 Å². The molecule has 7 rings (SSSR count). The number of hydrogen-bond donors (Lipinski definition) is 1.